The van der Waals surface area contributed by atoms with Gasteiger partial charge in [0.05, 0.1) is 6.61 Å². The Labute approximate surface area is 150 Å². The number of carbonyl (C=O) groups is 1. The monoisotopic (exact) mass is 334 g/mol. The standard InChI is InChI=1S/C22H38O2/c1-2-3-4-5-6-7-8-9-10-11-12-13-14-15-16-17-22(23)24-20-21-18-19-21/h21H,2-8,11-20H2,1H3. The second-order valence-electron chi connectivity index (χ2n) is 7.27. The average molecular weight is 335 g/mol. The largest absolute Gasteiger partial charge is 0.465 e. The predicted molar refractivity (Wildman–Crippen MR) is 102 cm³/mol. The number of unbranched alkanes of at least 4 members (excludes halogenated alkanes) is 11. The molecule has 1 aliphatic carbocycles. The van der Waals surface area contributed by atoms with Crippen molar-refractivity contribution >= 4 is 5.97 Å². The number of esters is 1. The zero-order valence-electron chi connectivity index (χ0n) is 15.9. The summed E-state index contributed by atoms with van der Waals surface area (Å²) in [6.45, 7) is 2.92. The Morgan fingerprint density at radius 3 is 1.96 bits per heavy atom. The van der Waals surface area contributed by atoms with Crippen LogP contribution in [0.1, 0.15) is 110 Å². The minimum atomic E-state index is 0.00228. The fourth-order valence-corrected chi connectivity index (χ4v) is 2.75. The van der Waals surface area contributed by atoms with Crippen LogP contribution in [0, 0.1) is 17.8 Å². The van der Waals surface area contributed by atoms with Crippen molar-refractivity contribution in [2.45, 2.75) is 110 Å². The number of carbonyl (C=O) groups excluding carboxylic acids is 1. The third kappa shape index (κ3) is 14.6. The van der Waals surface area contributed by atoms with Crippen molar-refractivity contribution < 1.29 is 9.53 Å². The number of ether oxygens (including phenoxy) is 1. The molecule has 0 aliphatic heterocycles. The first-order chi connectivity index (χ1) is 11.8. The van der Waals surface area contributed by atoms with Crippen LogP contribution in [0.3, 0.4) is 0 Å². The van der Waals surface area contributed by atoms with Gasteiger partial charge in [0.1, 0.15) is 0 Å². The molecule has 0 heterocycles. The Morgan fingerprint density at radius 2 is 1.38 bits per heavy atom. The summed E-state index contributed by atoms with van der Waals surface area (Å²) in [5.41, 5.74) is 0. The van der Waals surface area contributed by atoms with Gasteiger partial charge in [-0.25, -0.2) is 0 Å². The first-order valence-electron chi connectivity index (χ1n) is 10.4. The van der Waals surface area contributed by atoms with E-state index >= 15 is 0 Å². The normalized spacial score (nSPS) is 13.4. The topological polar surface area (TPSA) is 26.3 Å². The number of hydrogen-bond acceptors (Lipinski definition) is 2. The number of hydrogen-bond donors (Lipinski definition) is 0. The lowest BCUT2D eigenvalue weighted by Gasteiger charge is -2.03. The first kappa shape index (κ1) is 21.1. The molecule has 138 valence electrons. The molecule has 1 fully saturated rings. The van der Waals surface area contributed by atoms with E-state index in [1.165, 1.54) is 70.6 Å². The van der Waals surface area contributed by atoms with Crippen molar-refractivity contribution in [3.05, 3.63) is 0 Å². The lowest BCUT2D eigenvalue weighted by atomic mass is 10.1. The summed E-state index contributed by atoms with van der Waals surface area (Å²) in [4.78, 5) is 11.5. The van der Waals surface area contributed by atoms with Crippen LogP contribution in [0.15, 0.2) is 0 Å². The molecule has 24 heavy (non-hydrogen) atoms. The van der Waals surface area contributed by atoms with Gasteiger partial charge in [0.15, 0.2) is 0 Å². The van der Waals surface area contributed by atoms with Gasteiger partial charge < -0.3 is 4.74 Å². The molecule has 2 nitrogen and oxygen atoms in total. The molecule has 0 spiro atoms. The van der Waals surface area contributed by atoms with Crippen molar-refractivity contribution in [3.63, 3.8) is 0 Å². The molecule has 1 aliphatic rings. The Hall–Kier alpha value is -0.970. The summed E-state index contributed by atoms with van der Waals surface area (Å²) in [5.74, 6) is 7.30. The van der Waals surface area contributed by atoms with E-state index in [9.17, 15) is 4.79 Å². The van der Waals surface area contributed by atoms with Crippen molar-refractivity contribution in [1.82, 2.24) is 0 Å². The Morgan fingerprint density at radius 1 is 0.833 bits per heavy atom. The van der Waals surface area contributed by atoms with E-state index < -0.39 is 0 Å². The fourth-order valence-electron chi connectivity index (χ4n) is 2.75. The van der Waals surface area contributed by atoms with Gasteiger partial charge in [-0.2, -0.15) is 0 Å². The highest BCUT2D eigenvalue weighted by molar-refractivity contribution is 5.69. The maximum absolute atomic E-state index is 11.5. The van der Waals surface area contributed by atoms with E-state index in [0.717, 1.165) is 25.7 Å². The van der Waals surface area contributed by atoms with Gasteiger partial charge in [-0.3, -0.25) is 4.79 Å². The molecule has 0 atom stereocenters. The molecule has 0 bridgehead atoms. The molecule has 0 radical (unpaired) electrons. The van der Waals surface area contributed by atoms with Crippen LogP contribution in [0.4, 0.5) is 0 Å². The van der Waals surface area contributed by atoms with E-state index in [-0.39, 0.29) is 5.97 Å². The summed E-state index contributed by atoms with van der Waals surface area (Å²) in [5, 5.41) is 0. The molecule has 0 aromatic rings. The summed E-state index contributed by atoms with van der Waals surface area (Å²) in [6, 6.07) is 0. The summed E-state index contributed by atoms with van der Waals surface area (Å²) in [6.07, 6.45) is 19.1. The van der Waals surface area contributed by atoms with Crippen LogP contribution < -0.4 is 0 Å². The molecule has 0 unspecified atom stereocenters. The molecule has 1 rings (SSSR count). The van der Waals surface area contributed by atoms with E-state index in [1.54, 1.807) is 0 Å². The molecule has 0 aromatic heterocycles. The van der Waals surface area contributed by atoms with E-state index in [2.05, 4.69) is 18.8 Å². The van der Waals surface area contributed by atoms with Crippen molar-refractivity contribution in [2.24, 2.45) is 5.92 Å². The molecule has 0 amide bonds. The maximum Gasteiger partial charge on any atom is 0.305 e. The Balaban J connectivity index is 1.73. The SMILES string of the molecule is CCCCCCCCC#CCCCCCCCC(=O)OCC1CC1. The van der Waals surface area contributed by atoms with Gasteiger partial charge >= 0.3 is 5.97 Å². The molecule has 0 N–H and O–H groups in total. The Kier molecular flexibility index (Phi) is 13.7. The van der Waals surface area contributed by atoms with Gasteiger partial charge in [0, 0.05) is 19.3 Å². The zero-order chi connectivity index (χ0) is 17.3. The summed E-state index contributed by atoms with van der Waals surface area (Å²) < 4.78 is 5.23. The van der Waals surface area contributed by atoms with Crippen LogP contribution in [0.2, 0.25) is 0 Å². The van der Waals surface area contributed by atoms with Crippen LogP contribution in [-0.4, -0.2) is 12.6 Å². The highest BCUT2D eigenvalue weighted by Gasteiger charge is 2.22. The van der Waals surface area contributed by atoms with Crippen LogP contribution in [0.5, 0.6) is 0 Å². The van der Waals surface area contributed by atoms with Crippen molar-refractivity contribution in [1.29, 1.82) is 0 Å². The van der Waals surface area contributed by atoms with Gasteiger partial charge in [-0.05, 0) is 38.0 Å². The van der Waals surface area contributed by atoms with Crippen LogP contribution >= 0.6 is 0 Å². The van der Waals surface area contributed by atoms with E-state index in [1.807, 2.05) is 0 Å². The van der Waals surface area contributed by atoms with Crippen LogP contribution in [0.25, 0.3) is 0 Å². The number of rotatable bonds is 15. The predicted octanol–water partition coefficient (Wildman–Crippen LogP) is 6.42. The smallest absolute Gasteiger partial charge is 0.305 e. The van der Waals surface area contributed by atoms with Crippen molar-refractivity contribution in [2.75, 3.05) is 6.61 Å². The second kappa shape index (κ2) is 15.6. The van der Waals surface area contributed by atoms with E-state index in [0.29, 0.717) is 18.9 Å². The van der Waals surface area contributed by atoms with Gasteiger partial charge in [0.25, 0.3) is 0 Å². The molecule has 0 saturated heterocycles. The summed E-state index contributed by atoms with van der Waals surface area (Å²) in [7, 11) is 0. The minimum Gasteiger partial charge on any atom is -0.465 e. The van der Waals surface area contributed by atoms with Crippen molar-refractivity contribution in [3.8, 4) is 11.8 Å². The maximum atomic E-state index is 11.5. The molecule has 0 aromatic carbocycles. The first-order valence-corrected chi connectivity index (χ1v) is 10.4. The fraction of sp³-hybridized carbons (Fsp3) is 0.864. The highest BCUT2D eigenvalue weighted by Crippen LogP contribution is 2.28. The van der Waals surface area contributed by atoms with Gasteiger partial charge in [-0.1, -0.05) is 58.3 Å². The lowest BCUT2D eigenvalue weighted by molar-refractivity contribution is -0.144. The van der Waals surface area contributed by atoms with Gasteiger partial charge in [-0.15, -0.1) is 11.8 Å². The summed E-state index contributed by atoms with van der Waals surface area (Å²) >= 11 is 0. The Bertz CT molecular complexity index is 360. The molecule has 2 heteroatoms. The molecular weight excluding hydrogens is 296 g/mol. The van der Waals surface area contributed by atoms with E-state index in [4.69, 9.17) is 4.74 Å². The quantitative estimate of drug-likeness (QED) is 0.196. The zero-order valence-corrected chi connectivity index (χ0v) is 15.9. The highest BCUT2D eigenvalue weighted by atomic mass is 16.5. The molecular formula is C22H38O2. The second-order valence-corrected chi connectivity index (χ2v) is 7.27. The lowest BCUT2D eigenvalue weighted by Crippen LogP contribution is -2.06. The van der Waals surface area contributed by atoms with Gasteiger partial charge in [0.2, 0.25) is 0 Å². The van der Waals surface area contributed by atoms with Crippen LogP contribution in [-0.2, 0) is 9.53 Å². The molecule has 1 saturated carbocycles. The average Bonchev–Trinajstić information content (AvgIpc) is 3.41. The third-order valence-corrected chi connectivity index (χ3v) is 4.64. The third-order valence-electron chi connectivity index (χ3n) is 4.64. The minimum absolute atomic E-state index is 0.00228.